The van der Waals surface area contributed by atoms with Crippen molar-refractivity contribution < 1.29 is 0 Å². The third-order valence-corrected chi connectivity index (χ3v) is 14.4. The van der Waals surface area contributed by atoms with Crippen molar-refractivity contribution in [2.75, 3.05) is 9.80 Å². The van der Waals surface area contributed by atoms with E-state index in [0.717, 1.165) is 22.7 Å². The van der Waals surface area contributed by atoms with Crippen molar-refractivity contribution in [2.45, 2.75) is 24.7 Å². The quantitative estimate of drug-likeness (QED) is 0.165. The number of anilines is 6. The maximum Gasteiger partial charge on any atom is 0.0746 e. The van der Waals surface area contributed by atoms with Gasteiger partial charge in [-0.2, -0.15) is 0 Å². The zero-order valence-corrected chi connectivity index (χ0v) is 35.8. The van der Waals surface area contributed by atoms with Gasteiger partial charge in [-0.25, -0.2) is 0 Å². The maximum absolute atomic E-state index is 2.59. The molecule has 0 saturated heterocycles. The first-order valence-electron chi connectivity index (χ1n) is 22.4. The molecular formula is C62H44N2. The van der Waals surface area contributed by atoms with Crippen molar-refractivity contribution in [2.24, 2.45) is 0 Å². The van der Waals surface area contributed by atoms with E-state index in [2.05, 4.69) is 254 Å². The molecular weight excluding hydrogens is 773 g/mol. The number of benzene rings is 10. The van der Waals surface area contributed by atoms with Crippen molar-refractivity contribution in [1.82, 2.24) is 0 Å². The number of hydrogen-bond donors (Lipinski definition) is 0. The molecule has 64 heavy (non-hydrogen) atoms. The first-order valence-corrected chi connectivity index (χ1v) is 22.4. The van der Waals surface area contributed by atoms with Crippen molar-refractivity contribution in [3.8, 4) is 33.4 Å². The summed E-state index contributed by atoms with van der Waals surface area (Å²) < 4.78 is 0. The molecule has 0 heterocycles. The summed E-state index contributed by atoms with van der Waals surface area (Å²) in [6.45, 7) is 4.76. The molecule has 3 aliphatic carbocycles. The van der Waals surface area contributed by atoms with Gasteiger partial charge in [0.2, 0.25) is 0 Å². The second-order valence-corrected chi connectivity index (χ2v) is 18.0. The van der Waals surface area contributed by atoms with Gasteiger partial charge >= 0.3 is 0 Å². The molecule has 2 nitrogen and oxygen atoms in total. The van der Waals surface area contributed by atoms with Crippen molar-refractivity contribution in [3.63, 3.8) is 0 Å². The Kier molecular flexibility index (Phi) is 7.90. The minimum atomic E-state index is -0.623. The Balaban J connectivity index is 1.16. The lowest BCUT2D eigenvalue weighted by Gasteiger charge is -2.37. The predicted octanol–water partition coefficient (Wildman–Crippen LogP) is 16.4. The van der Waals surface area contributed by atoms with Gasteiger partial charge < -0.3 is 9.80 Å². The van der Waals surface area contributed by atoms with E-state index in [9.17, 15) is 0 Å². The second kappa shape index (κ2) is 13.8. The normalized spacial score (nSPS) is 15.5. The molecule has 3 aliphatic rings. The van der Waals surface area contributed by atoms with E-state index in [1.54, 1.807) is 0 Å². The largest absolute Gasteiger partial charge is 0.310 e. The van der Waals surface area contributed by atoms with Crippen LogP contribution in [0.3, 0.4) is 0 Å². The average molecular weight is 817 g/mol. The number of hydrogen-bond acceptors (Lipinski definition) is 2. The molecule has 1 spiro atoms. The number of fused-ring (bicyclic) bond motifs is 15. The third-order valence-electron chi connectivity index (χ3n) is 14.4. The average Bonchev–Trinajstić information content (AvgIpc) is 3.92. The van der Waals surface area contributed by atoms with Crippen LogP contribution < -0.4 is 9.80 Å². The van der Waals surface area contributed by atoms with Gasteiger partial charge in [0.15, 0.2) is 0 Å². The predicted molar refractivity (Wildman–Crippen MR) is 267 cm³/mol. The van der Waals surface area contributed by atoms with Gasteiger partial charge in [0.05, 0.1) is 16.8 Å². The van der Waals surface area contributed by atoms with Crippen LogP contribution in [0, 0.1) is 0 Å². The van der Waals surface area contributed by atoms with Crippen LogP contribution in [0.15, 0.2) is 231 Å². The number of para-hydroxylation sites is 3. The highest BCUT2D eigenvalue weighted by atomic mass is 15.2. The molecule has 0 radical (unpaired) electrons. The Hall–Kier alpha value is -7.94. The summed E-state index contributed by atoms with van der Waals surface area (Å²) >= 11 is 0. The Labute approximate surface area is 375 Å². The maximum atomic E-state index is 2.59. The van der Waals surface area contributed by atoms with Crippen LogP contribution in [0.25, 0.3) is 44.2 Å². The number of rotatable bonds is 6. The molecule has 0 amide bonds. The van der Waals surface area contributed by atoms with Gasteiger partial charge in [-0.15, -0.1) is 0 Å². The van der Waals surface area contributed by atoms with Gasteiger partial charge in [-0.3, -0.25) is 0 Å². The minimum Gasteiger partial charge on any atom is -0.310 e. The summed E-state index contributed by atoms with van der Waals surface area (Å²) in [5, 5.41) is 2.49. The first kappa shape index (κ1) is 36.7. The Morgan fingerprint density at radius 2 is 0.812 bits per heavy atom. The van der Waals surface area contributed by atoms with Crippen LogP contribution in [-0.4, -0.2) is 0 Å². The standard InChI is InChI=1S/C62H44N2/c1-61(2)51-32-17-15-30-48(51)59-55(61)35-20-36-56(59)64(44-26-10-5-11-27-44)57-39-41-21-12-13-28-46(41)58-49-31-16-19-34-53(49)62(60(57)58)52-33-18-14-29-47(52)50-40-45(37-38-54(50)62)63(42-22-6-3-7-23-42)43-24-8-4-9-25-43/h3-40H,1-2H3. The molecule has 13 rings (SSSR count). The highest BCUT2D eigenvalue weighted by molar-refractivity contribution is 6.11. The van der Waals surface area contributed by atoms with E-state index in [1.165, 1.54) is 88.9 Å². The summed E-state index contributed by atoms with van der Waals surface area (Å²) in [6.07, 6.45) is 0. The molecule has 10 aromatic carbocycles. The molecule has 1 unspecified atom stereocenters. The van der Waals surface area contributed by atoms with Crippen LogP contribution >= 0.6 is 0 Å². The SMILES string of the molecule is CC1(C)c2ccccc2-c2c(N(c3ccccc3)c3cc4ccccc4c4c3C3(c5ccccc5-c5cc(N(c6ccccc6)c6ccccc6)ccc53)c3ccccc3-4)cccc21. The van der Waals surface area contributed by atoms with Crippen molar-refractivity contribution >= 4 is 44.9 Å². The fourth-order valence-electron chi connectivity index (χ4n) is 11.8. The molecule has 0 N–H and O–H groups in total. The van der Waals surface area contributed by atoms with Crippen LogP contribution in [-0.2, 0) is 10.8 Å². The molecule has 2 heteroatoms. The Bertz CT molecular complexity index is 3440. The fraction of sp³-hybridized carbons (Fsp3) is 0.0645. The van der Waals surface area contributed by atoms with E-state index >= 15 is 0 Å². The highest BCUT2D eigenvalue weighted by Crippen LogP contribution is 2.67. The molecule has 0 fully saturated rings. The zero-order valence-electron chi connectivity index (χ0n) is 35.8. The summed E-state index contributed by atoms with van der Waals surface area (Å²) in [5.74, 6) is 0. The summed E-state index contributed by atoms with van der Waals surface area (Å²) in [4.78, 5) is 4.98. The van der Waals surface area contributed by atoms with Gasteiger partial charge in [-0.05, 0) is 127 Å². The van der Waals surface area contributed by atoms with Crippen LogP contribution in [0.5, 0.6) is 0 Å². The fourth-order valence-corrected chi connectivity index (χ4v) is 11.8. The molecule has 0 aromatic heterocycles. The summed E-state index contributed by atoms with van der Waals surface area (Å²) in [5.41, 5.74) is 21.8. The zero-order chi connectivity index (χ0) is 42.6. The monoisotopic (exact) mass is 816 g/mol. The smallest absolute Gasteiger partial charge is 0.0746 e. The van der Waals surface area contributed by atoms with Crippen molar-refractivity contribution in [1.29, 1.82) is 0 Å². The number of nitrogens with zero attached hydrogens (tertiary/aromatic N) is 2. The van der Waals surface area contributed by atoms with Crippen LogP contribution in [0.2, 0.25) is 0 Å². The van der Waals surface area contributed by atoms with Crippen LogP contribution in [0.1, 0.15) is 47.2 Å². The molecule has 0 saturated carbocycles. The van der Waals surface area contributed by atoms with Gasteiger partial charge in [0.1, 0.15) is 0 Å². The van der Waals surface area contributed by atoms with E-state index < -0.39 is 5.41 Å². The molecule has 0 aliphatic heterocycles. The summed E-state index contributed by atoms with van der Waals surface area (Å²) in [7, 11) is 0. The Morgan fingerprint density at radius 3 is 1.48 bits per heavy atom. The molecule has 1 atom stereocenters. The van der Waals surface area contributed by atoms with E-state index in [1.807, 2.05) is 0 Å². The highest BCUT2D eigenvalue weighted by Gasteiger charge is 2.54. The lowest BCUT2D eigenvalue weighted by atomic mass is 9.69. The lowest BCUT2D eigenvalue weighted by Crippen LogP contribution is -2.28. The first-order chi connectivity index (χ1) is 31.5. The van der Waals surface area contributed by atoms with Gasteiger partial charge in [0, 0.05) is 39.3 Å². The Morgan fingerprint density at radius 1 is 0.312 bits per heavy atom. The molecule has 10 aromatic rings. The minimum absolute atomic E-state index is 0.151. The van der Waals surface area contributed by atoms with E-state index in [4.69, 9.17) is 0 Å². The van der Waals surface area contributed by atoms with Gasteiger partial charge in [0.25, 0.3) is 0 Å². The van der Waals surface area contributed by atoms with E-state index in [0.29, 0.717) is 0 Å². The van der Waals surface area contributed by atoms with E-state index in [-0.39, 0.29) is 5.41 Å². The molecule has 0 bridgehead atoms. The molecule has 302 valence electrons. The second-order valence-electron chi connectivity index (χ2n) is 18.0. The van der Waals surface area contributed by atoms with Crippen LogP contribution in [0.4, 0.5) is 34.1 Å². The summed E-state index contributed by atoms with van der Waals surface area (Å²) in [6, 6.07) is 85.8. The van der Waals surface area contributed by atoms with Crippen molar-refractivity contribution in [3.05, 3.63) is 264 Å². The lowest BCUT2D eigenvalue weighted by molar-refractivity contribution is 0.660. The van der Waals surface area contributed by atoms with Gasteiger partial charge in [-0.1, -0.05) is 184 Å². The topological polar surface area (TPSA) is 6.48 Å². The third kappa shape index (κ3) is 4.97.